The molecular weight excluding hydrogens is 404 g/mol. The Morgan fingerprint density at radius 2 is 1.85 bits per heavy atom. The Hall–Kier alpha value is -1.86. The summed E-state index contributed by atoms with van der Waals surface area (Å²) >= 11 is 6.06. The van der Waals surface area contributed by atoms with Gasteiger partial charge < -0.3 is 24.8 Å². The fraction of sp³-hybridized carbons (Fsp3) is 0.333. The molecule has 1 unspecified atom stereocenters. The Labute approximate surface area is 158 Å². The highest BCUT2D eigenvalue weighted by Crippen LogP contribution is 2.31. The fourth-order valence-corrected chi connectivity index (χ4v) is 3.43. The second kappa shape index (κ2) is 7.64. The first kappa shape index (κ1) is 19.9. The molecule has 27 heavy (non-hydrogen) atoms. The summed E-state index contributed by atoms with van der Waals surface area (Å²) in [5, 5.41) is 29.3. The largest absolute Gasteiger partial charge is 0.459 e. The van der Waals surface area contributed by atoms with Crippen LogP contribution in [0.4, 0.5) is 0 Å². The van der Waals surface area contributed by atoms with Gasteiger partial charge in [0.05, 0.1) is 5.69 Å². The standard InChI is InChI=1S/C15H15ClN2O8S/c16-13-9(4-3-8(18-13)7-2-1-5-17-6-7)25-14-11(20)10(19)12(21)15(26-14)27(22,23)24/h1-6,10-12,14-15,19-21H,(H,22,23,24)/t10-,11-,12+,14-,15?/m1/s1. The Morgan fingerprint density at radius 3 is 2.44 bits per heavy atom. The number of rotatable bonds is 4. The van der Waals surface area contributed by atoms with E-state index >= 15 is 0 Å². The number of hydrogen-bond donors (Lipinski definition) is 4. The first-order valence-corrected chi connectivity index (χ1v) is 9.46. The highest BCUT2D eigenvalue weighted by Gasteiger charge is 2.50. The Morgan fingerprint density at radius 1 is 1.11 bits per heavy atom. The van der Waals surface area contributed by atoms with Crippen molar-refractivity contribution in [3.63, 3.8) is 0 Å². The molecule has 2 aromatic rings. The molecule has 0 bridgehead atoms. The number of aliphatic hydroxyl groups is 3. The molecule has 146 valence electrons. The molecule has 1 saturated heterocycles. The number of ether oxygens (including phenoxy) is 2. The summed E-state index contributed by atoms with van der Waals surface area (Å²) in [6.07, 6.45) is -4.41. The van der Waals surface area contributed by atoms with Gasteiger partial charge >= 0.3 is 0 Å². The van der Waals surface area contributed by atoms with Crippen LogP contribution in [-0.4, -0.2) is 68.3 Å². The zero-order chi connectivity index (χ0) is 19.8. The Kier molecular flexibility index (Phi) is 5.63. The van der Waals surface area contributed by atoms with Crippen molar-refractivity contribution in [1.29, 1.82) is 0 Å². The van der Waals surface area contributed by atoms with Gasteiger partial charge in [0.15, 0.2) is 10.9 Å². The van der Waals surface area contributed by atoms with Gasteiger partial charge in [0, 0.05) is 18.0 Å². The second-order valence-corrected chi connectivity index (χ2v) is 7.56. The maximum absolute atomic E-state index is 11.3. The van der Waals surface area contributed by atoms with E-state index in [4.69, 9.17) is 25.6 Å². The lowest BCUT2D eigenvalue weighted by Gasteiger charge is -2.38. The van der Waals surface area contributed by atoms with Crippen molar-refractivity contribution in [2.75, 3.05) is 0 Å². The maximum Gasteiger partial charge on any atom is 0.295 e. The summed E-state index contributed by atoms with van der Waals surface area (Å²) < 4.78 is 41.9. The van der Waals surface area contributed by atoms with E-state index < -0.39 is 40.2 Å². The number of hydrogen-bond acceptors (Lipinski definition) is 9. The van der Waals surface area contributed by atoms with E-state index in [1.807, 2.05) is 0 Å². The van der Waals surface area contributed by atoms with Crippen molar-refractivity contribution in [2.24, 2.45) is 0 Å². The van der Waals surface area contributed by atoms with Crippen LogP contribution >= 0.6 is 11.6 Å². The SMILES string of the molecule is O=S(=O)(O)C1O[C@@H](Oc2ccc(-c3cccnc3)nc2Cl)[C@H](O)[C@@H](O)[C@@H]1O. The summed E-state index contributed by atoms with van der Waals surface area (Å²) in [6, 6.07) is 6.41. The van der Waals surface area contributed by atoms with Gasteiger partial charge in [-0.2, -0.15) is 8.42 Å². The summed E-state index contributed by atoms with van der Waals surface area (Å²) in [4.78, 5) is 8.08. The molecule has 12 heteroatoms. The minimum Gasteiger partial charge on any atom is -0.459 e. The molecule has 0 aromatic carbocycles. The van der Waals surface area contributed by atoms with Crippen LogP contribution in [0.5, 0.6) is 5.75 Å². The highest BCUT2D eigenvalue weighted by atomic mass is 35.5. The molecule has 2 aromatic heterocycles. The molecule has 1 aliphatic rings. The van der Waals surface area contributed by atoms with Gasteiger partial charge in [-0.05, 0) is 24.3 Å². The van der Waals surface area contributed by atoms with Crippen LogP contribution < -0.4 is 4.74 Å². The van der Waals surface area contributed by atoms with Crippen molar-refractivity contribution < 1.29 is 37.8 Å². The fourth-order valence-electron chi connectivity index (χ4n) is 2.47. The van der Waals surface area contributed by atoms with Crippen molar-refractivity contribution in [2.45, 2.75) is 30.0 Å². The molecule has 3 heterocycles. The van der Waals surface area contributed by atoms with E-state index in [0.717, 1.165) is 0 Å². The van der Waals surface area contributed by atoms with Gasteiger partial charge in [0.1, 0.15) is 18.3 Å². The quantitative estimate of drug-likeness (QED) is 0.387. The lowest BCUT2D eigenvalue weighted by atomic mass is 10.1. The van der Waals surface area contributed by atoms with Crippen molar-refractivity contribution in [3.8, 4) is 17.0 Å². The first-order chi connectivity index (χ1) is 12.7. The third-order valence-corrected chi connectivity index (χ3v) is 5.08. The molecule has 10 nitrogen and oxygen atoms in total. The molecule has 5 atom stereocenters. The van der Waals surface area contributed by atoms with Crippen LogP contribution in [0.3, 0.4) is 0 Å². The van der Waals surface area contributed by atoms with Crippen molar-refractivity contribution >= 4 is 21.7 Å². The van der Waals surface area contributed by atoms with Gasteiger partial charge in [0.2, 0.25) is 11.7 Å². The molecule has 0 amide bonds. The average molecular weight is 419 g/mol. The number of aliphatic hydroxyl groups excluding tert-OH is 3. The lowest BCUT2D eigenvalue weighted by Crippen LogP contribution is -2.61. The number of pyridine rings is 2. The molecule has 0 saturated carbocycles. The molecule has 4 N–H and O–H groups in total. The average Bonchev–Trinajstić information content (AvgIpc) is 2.63. The van der Waals surface area contributed by atoms with Crippen LogP contribution in [0.2, 0.25) is 5.15 Å². The van der Waals surface area contributed by atoms with E-state index in [2.05, 4.69) is 9.97 Å². The predicted molar refractivity (Wildman–Crippen MR) is 91.3 cm³/mol. The minimum atomic E-state index is -4.89. The van der Waals surface area contributed by atoms with Crippen LogP contribution in [0, 0.1) is 0 Å². The van der Waals surface area contributed by atoms with Crippen LogP contribution in [0.25, 0.3) is 11.3 Å². The summed E-state index contributed by atoms with van der Waals surface area (Å²) in [6.45, 7) is 0. The predicted octanol–water partition coefficient (Wildman–Crippen LogP) is -0.171. The van der Waals surface area contributed by atoms with E-state index in [9.17, 15) is 23.7 Å². The van der Waals surface area contributed by atoms with Gasteiger partial charge in [0.25, 0.3) is 10.1 Å². The zero-order valence-electron chi connectivity index (χ0n) is 13.5. The van der Waals surface area contributed by atoms with Crippen molar-refractivity contribution in [1.82, 2.24) is 9.97 Å². The third kappa shape index (κ3) is 4.19. The molecule has 0 aliphatic carbocycles. The van der Waals surface area contributed by atoms with E-state index in [1.165, 1.54) is 6.07 Å². The molecule has 0 spiro atoms. The molecule has 0 radical (unpaired) electrons. The second-order valence-electron chi connectivity index (χ2n) is 5.70. The molecule has 1 fully saturated rings. The Bertz CT molecular complexity index is 913. The highest BCUT2D eigenvalue weighted by molar-refractivity contribution is 7.86. The molecule has 3 rings (SSSR count). The molecule has 1 aliphatic heterocycles. The number of aromatic nitrogens is 2. The smallest absolute Gasteiger partial charge is 0.295 e. The topological polar surface area (TPSA) is 159 Å². The monoisotopic (exact) mass is 418 g/mol. The number of halogens is 1. The summed E-state index contributed by atoms with van der Waals surface area (Å²) in [5.41, 5.74) is -1.04. The molecular formula is C15H15ClN2O8S. The van der Waals surface area contributed by atoms with Gasteiger partial charge in [-0.25, -0.2) is 4.98 Å². The number of nitrogens with zero attached hydrogens (tertiary/aromatic N) is 2. The van der Waals surface area contributed by atoms with E-state index in [1.54, 1.807) is 30.6 Å². The minimum absolute atomic E-state index is 0.0777. The van der Waals surface area contributed by atoms with Crippen LogP contribution in [0.15, 0.2) is 36.7 Å². The van der Waals surface area contributed by atoms with E-state index in [0.29, 0.717) is 11.3 Å². The van der Waals surface area contributed by atoms with Crippen LogP contribution in [0.1, 0.15) is 0 Å². The summed E-state index contributed by atoms with van der Waals surface area (Å²) in [5.74, 6) is -0.0777. The van der Waals surface area contributed by atoms with Gasteiger partial charge in [-0.15, -0.1) is 0 Å². The first-order valence-electron chi connectivity index (χ1n) is 7.58. The van der Waals surface area contributed by atoms with Crippen molar-refractivity contribution in [3.05, 3.63) is 41.8 Å². The Balaban J connectivity index is 1.83. The lowest BCUT2D eigenvalue weighted by molar-refractivity contribution is -0.254. The zero-order valence-corrected chi connectivity index (χ0v) is 15.0. The van der Waals surface area contributed by atoms with Gasteiger partial charge in [-0.1, -0.05) is 11.6 Å². The summed E-state index contributed by atoms with van der Waals surface area (Å²) in [7, 11) is -4.89. The normalized spacial score (nSPS) is 28.7. The third-order valence-electron chi connectivity index (χ3n) is 3.83. The maximum atomic E-state index is 11.3. The van der Waals surface area contributed by atoms with E-state index in [-0.39, 0.29) is 10.9 Å². The van der Waals surface area contributed by atoms with Gasteiger partial charge in [-0.3, -0.25) is 9.54 Å². The van der Waals surface area contributed by atoms with Crippen LogP contribution in [-0.2, 0) is 14.9 Å².